The zero-order valence-electron chi connectivity index (χ0n) is 19.4. The number of carbonyl (C=O) groups excluding carboxylic acids is 1. The predicted octanol–water partition coefficient (Wildman–Crippen LogP) is 4.08. The number of hydrogen-bond acceptors (Lipinski definition) is 5. The van der Waals surface area contributed by atoms with Crippen molar-refractivity contribution in [1.29, 1.82) is 0 Å². The summed E-state index contributed by atoms with van der Waals surface area (Å²) >= 11 is 0. The fourth-order valence-electron chi connectivity index (χ4n) is 4.85. The molecule has 0 radical (unpaired) electrons. The first kappa shape index (κ1) is 24.9. The fraction of sp³-hybridized carbons (Fsp3) is 0.481. The first-order valence-electron chi connectivity index (χ1n) is 12.0. The number of carboxylic acids is 1. The molecule has 0 amide bonds. The summed E-state index contributed by atoms with van der Waals surface area (Å²) in [6, 6.07) is 19.7. The highest BCUT2D eigenvalue weighted by Crippen LogP contribution is 2.27. The molecule has 0 spiro atoms. The highest BCUT2D eigenvalue weighted by molar-refractivity contribution is 5.79. The zero-order chi connectivity index (χ0) is 23.5. The number of hydrogen-bond donors (Lipinski definition) is 3. The summed E-state index contributed by atoms with van der Waals surface area (Å²) in [5.41, 5.74) is 1.94. The van der Waals surface area contributed by atoms with Crippen LogP contribution in [0.25, 0.3) is 0 Å². The van der Waals surface area contributed by atoms with Gasteiger partial charge >= 0.3 is 11.9 Å². The lowest BCUT2D eigenvalue weighted by atomic mass is 9.86. The normalized spacial score (nSPS) is 22.2. The number of rotatable bonds is 6. The number of esters is 1. The molecule has 2 fully saturated rings. The van der Waals surface area contributed by atoms with Crippen LogP contribution >= 0.6 is 0 Å². The van der Waals surface area contributed by atoms with E-state index in [9.17, 15) is 14.7 Å². The van der Waals surface area contributed by atoms with Gasteiger partial charge in [-0.25, -0.2) is 0 Å². The molecular formula is C27H36N2O4. The second kappa shape index (κ2) is 13.1. The maximum atomic E-state index is 11.9. The van der Waals surface area contributed by atoms with Gasteiger partial charge in [0.2, 0.25) is 0 Å². The third-order valence-electron chi connectivity index (χ3n) is 6.54. The fourth-order valence-corrected chi connectivity index (χ4v) is 4.85. The SMILES string of the molecule is COC(=O)[C@H](c1ccccc1)[C@H]1CCCCN1.O=C(O)[C@H](c1ccccc1)[C@H]1CCCCN1. The number of ether oxygens (including phenoxy) is 1. The van der Waals surface area contributed by atoms with Crippen molar-refractivity contribution in [2.45, 2.75) is 62.4 Å². The molecular weight excluding hydrogens is 416 g/mol. The molecule has 2 heterocycles. The predicted molar refractivity (Wildman–Crippen MR) is 129 cm³/mol. The summed E-state index contributed by atoms with van der Waals surface area (Å²) in [5, 5.41) is 16.1. The van der Waals surface area contributed by atoms with Gasteiger partial charge in [-0.15, -0.1) is 0 Å². The molecule has 178 valence electrons. The van der Waals surface area contributed by atoms with Crippen molar-refractivity contribution in [3.63, 3.8) is 0 Å². The highest BCUT2D eigenvalue weighted by Gasteiger charge is 2.32. The maximum absolute atomic E-state index is 11.9. The van der Waals surface area contributed by atoms with Crippen LogP contribution in [-0.2, 0) is 14.3 Å². The van der Waals surface area contributed by atoms with Crippen LogP contribution in [0.5, 0.6) is 0 Å². The largest absolute Gasteiger partial charge is 0.481 e. The third-order valence-corrected chi connectivity index (χ3v) is 6.54. The topological polar surface area (TPSA) is 87.7 Å². The van der Waals surface area contributed by atoms with E-state index in [2.05, 4.69) is 10.6 Å². The van der Waals surface area contributed by atoms with E-state index in [1.54, 1.807) is 0 Å². The van der Waals surface area contributed by atoms with Crippen molar-refractivity contribution in [3.8, 4) is 0 Å². The zero-order valence-corrected chi connectivity index (χ0v) is 19.4. The second-order valence-corrected chi connectivity index (χ2v) is 8.75. The summed E-state index contributed by atoms with van der Waals surface area (Å²) in [6.07, 6.45) is 6.63. The lowest BCUT2D eigenvalue weighted by molar-refractivity contribution is -0.143. The summed E-state index contributed by atoms with van der Waals surface area (Å²) < 4.78 is 4.94. The van der Waals surface area contributed by atoms with E-state index in [0.717, 1.165) is 49.9 Å². The Morgan fingerprint density at radius 3 is 1.64 bits per heavy atom. The van der Waals surface area contributed by atoms with E-state index in [0.29, 0.717) is 0 Å². The van der Waals surface area contributed by atoms with Crippen molar-refractivity contribution in [2.24, 2.45) is 0 Å². The van der Waals surface area contributed by atoms with Crippen LogP contribution in [0.2, 0.25) is 0 Å². The van der Waals surface area contributed by atoms with Crippen LogP contribution in [0.1, 0.15) is 61.5 Å². The second-order valence-electron chi connectivity index (χ2n) is 8.75. The standard InChI is InChI=1S/C14H19NO2.C13H17NO2/c1-17-14(16)13(11-7-3-2-4-8-11)12-9-5-6-10-15-12;15-13(16)12(10-6-2-1-3-7-10)11-8-4-5-9-14-11/h2-4,7-8,12-13,15H,5-6,9-10H2,1H3;1-3,6-7,11-12,14H,4-5,8-9H2,(H,15,16)/t12-,13-;11-,12-/m11/s1. The number of carboxylic acid groups (broad SMARTS) is 1. The Labute approximate surface area is 196 Å². The van der Waals surface area contributed by atoms with Crippen molar-refractivity contribution in [1.82, 2.24) is 10.6 Å². The third kappa shape index (κ3) is 7.14. The minimum atomic E-state index is -0.731. The summed E-state index contributed by atoms with van der Waals surface area (Å²) in [6.45, 7) is 1.92. The molecule has 0 saturated carbocycles. The van der Waals surface area contributed by atoms with Crippen LogP contribution in [0.4, 0.5) is 0 Å². The monoisotopic (exact) mass is 452 g/mol. The summed E-state index contributed by atoms with van der Waals surface area (Å²) in [4.78, 5) is 23.3. The number of carbonyl (C=O) groups is 2. The summed E-state index contributed by atoms with van der Waals surface area (Å²) in [7, 11) is 1.46. The first-order chi connectivity index (χ1) is 16.1. The van der Waals surface area contributed by atoms with Crippen molar-refractivity contribution in [2.75, 3.05) is 20.2 Å². The van der Waals surface area contributed by atoms with Gasteiger partial charge in [-0.2, -0.15) is 0 Å². The number of methoxy groups -OCH3 is 1. The van der Waals surface area contributed by atoms with Crippen LogP contribution in [0.3, 0.4) is 0 Å². The van der Waals surface area contributed by atoms with Gasteiger partial charge in [-0.05, 0) is 49.9 Å². The minimum Gasteiger partial charge on any atom is -0.481 e. The maximum Gasteiger partial charge on any atom is 0.314 e. The average Bonchev–Trinajstić information content (AvgIpc) is 2.87. The molecule has 0 unspecified atom stereocenters. The molecule has 2 aliphatic rings. The first-order valence-corrected chi connectivity index (χ1v) is 12.0. The Balaban J connectivity index is 0.000000186. The lowest BCUT2D eigenvalue weighted by Gasteiger charge is -2.29. The van der Waals surface area contributed by atoms with E-state index < -0.39 is 11.9 Å². The van der Waals surface area contributed by atoms with Crippen LogP contribution in [0.15, 0.2) is 60.7 Å². The Morgan fingerprint density at radius 2 is 1.24 bits per heavy atom. The van der Waals surface area contributed by atoms with Crippen molar-refractivity contribution < 1.29 is 19.4 Å². The van der Waals surface area contributed by atoms with Gasteiger partial charge < -0.3 is 20.5 Å². The van der Waals surface area contributed by atoms with Gasteiger partial charge in [0.15, 0.2) is 0 Å². The molecule has 2 aliphatic heterocycles. The van der Waals surface area contributed by atoms with E-state index in [1.807, 2.05) is 60.7 Å². The Kier molecular flexibility index (Phi) is 9.91. The van der Waals surface area contributed by atoms with Gasteiger partial charge in [0.1, 0.15) is 0 Å². The molecule has 3 N–H and O–H groups in total. The quantitative estimate of drug-likeness (QED) is 0.573. The van der Waals surface area contributed by atoms with Gasteiger partial charge in [0.05, 0.1) is 18.9 Å². The van der Waals surface area contributed by atoms with Gasteiger partial charge in [-0.3, -0.25) is 9.59 Å². The Morgan fingerprint density at radius 1 is 0.788 bits per heavy atom. The van der Waals surface area contributed by atoms with E-state index in [4.69, 9.17) is 4.74 Å². The minimum absolute atomic E-state index is 0.0775. The molecule has 6 heteroatoms. The molecule has 2 saturated heterocycles. The lowest BCUT2D eigenvalue weighted by Crippen LogP contribution is -2.42. The number of aliphatic carboxylic acids is 1. The van der Waals surface area contributed by atoms with Gasteiger partial charge in [0.25, 0.3) is 0 Å². The van der Waals surface area contributed by atoms with E-state index in [-0.39, 0.29) is 24.0 Å². The molecule has 2 aromatic carbocycles. The van der Waals surface area contributed by atoms with E-state index >= 15 is 0 Å². The average molecular weight is 453 g/mol. The molecule has 6 nitrogen and oxygen atoms in total. The van der Waals surface area contributed by atoms with Crippen LogP contribution < -0.4 is 10.6 Å². The molecule has 4 atom stereocenters. The summed E-state index contributed by atoms with van der Waals surface area (Å²) in [5.74, 6) is -1.47. The smallest absolute Gasteiger partial charge is 0.314 e. The van der Waals surface area contributed by atoms with Gasteiger partial charge in [0, 0.05) is 12.1 Å². The Bertz CT molecular complexity index is 847. The molecule has 2 aromatic rings. The van der Waals surface area contributed by atoms with Crippen molar-refractivity contribution >= 4 is 11.9 Å². The van der Waals surface area contributed by atoms with Gasteiger partial charge in [-0.1, -0.05) is 73.5 Å². The molecule has 0 bridgehead atoms. The van der Waals surface area contributed by atoms with Crippen molar-refractivity contribution in [3.05, 3.63) is 71.8 Å². The molecule has 33 heavy (non-hydrogen) atoms. The number of benzene rings is 2. The molecule has 0 aliphatic carbocycles. The molecule has 0 aromatic heterocycles. The van der Waals surface area contributed by atoms with Crippen LogP contribution in [0, 0.1) is 0 Å². The molecule has 4 rings (SSSR count). The van der Waals surface area contributed by atoms with E-state index in [1.165, 1.54) is 20.0 Å². The number of nitrogens with one attached hydrogen (secondary N) is 2. The van der Waals surface area contributed by atoms with Crippen LogP contribution in [-0.4, -0.2) is 49.3 Å². The highest BCUT2D eigenvalue weighted by atomic mass is 16.5. The number of piperidine rings is 2. The Hall–Kier alpha value is -2.70.